The number of alkyl halides is 9. The molecule has 0 bridgehead atoms. The van der Waals surface area contributed by atoms with E-state index in [1.165, 1.54) is 30.3 Å². The first-order valence-electron chi connectivity index (χ1n) is 11.0. The van der Waals surface area contributed by atoms with Gasteiger partial charge in [-0.05, 0) is 58.8 Å². The molecule has 5 aromatic rings. The zero-order valence-corrected chi connectivity index (χ0v) is 19.4. The number of hydrogen-bond acceptors (Lipinski definition) is 5. The number of nitrogens with zero attached hydrogens (tertiary/aromatic N) is 6. The third-order valence-corrected chi connectivity index (χ3v) is 5.79. The van der Waals surface area contributed by atoms with Crippen molar-refractivity contribution in [3.63, 3.8) is 0 Å². The second-order valence-electron chi connectivity index (χ2n) is 8.37. The average molecular weight is 569 g/mol. The minimum atomic E-state index is -5.08. The van der Waals surface area contributed by atoms with Crippen LogP contribution in [-0.4, -0.2) is 35.6 Å². The molecule has 40 heavy (non-hydrogen) atoms. The van der Waals surface area contributed by atoms with E-state index in [-0.39, 0.29) is 28.8 Å². The van der Waals surface area contributed by atoms with Gasteiger partial charge in [-0.3, -0.25) is 0 Å². The topological polar surface area (TPSA) is 85.2 Å². The van der Waals surface area contributed by atoms with Crippen molar-refractivity contribution in [3.8, 4) is 39.5 Å². The summed E-state index contributed by atoms with van der Waals surface area (Å²) >= 11 is 0. The van der Waals surface area contributed by atoms with Gasteiger partial charge in [-0.25, -0.2) is 4.68 Å². The lowest BCUT2D eigenvalue weighted by atomic mass is 9.99. The van der Waals surface area contributed by atoms with E-state index in [0.717, 1.165) is 23.0 Å². The van der Waals surface area contributed by atoms with Crippen LogP contribution in [0.15, 0.2) is 66.9 Å². The van der Waals surface area contributed by atoms with Crippen LogP contribution in [-0.2, 0) is 18.5 Å². The summed E-state index contributed by atoms with van der Waals surface area (Å²) in [5, 5.41) is 21.0. The van der Waals surface area contributed by atoms with Crippen molar-refractivity contribution in [2.45, 2.75) is 18.5 Å². The Morgan fingerprint density at radius 1 is 0.625 bits per heavy atom. The first-order valence-corrected chi connectivity index (χ1v) is 11.0. The number of rotatable bonds is 4. The van der Waals surface area contributed by atoms with Crippen LogP contribution in [0.2, 0.25) is 0 Å². The number of tetrazole rings is 1. The Balaban J connectivity index is 1.66. The molecule has 0 aliphatic rings. The predicted molar refractivity (Wildman–Crippen MR) is 120 cm³/mol. The smallest absolute Gasteiger partial charge is 0.212 e. The van der Waals surface area contributed by atoms with Gasteiger partial charge in [-0.1, -0.05) is 23.4 Å². The van der Waals surface area contributed by atoms with Gasteiger partial charge in [0, 0.05) is 11.1 Å². The number of nitrogens with one attached hydrogen (secondary N) is 1. The Kier molecular flexibility index (Phi) is 6.35. The molecule has 206 valence electrons. The highest BCUT2D eigenvalue weighted by Crippen LogP contribution is 2.40. The molecule has 0 unspecified atom stereocenters. The Hall–Kier alpha value is -4.76. The standard InChI is InChI=1S/C24H12F9N7/c25-22(26,27)15-4-1-12(2-5-15)13-3-6-19(18(9-13)21-35-37-38-36-21)40-20(11-34-39-40)14-7-16(23(28,29)30)10-17(8-14)24(31,32)33/h1-11H,(H,35,36,37,38). The molecule has 2 heterocycles. The van der Waals surface area contributed by atoms with Crippen LogP contribution in [0.4, 0.5) is 39.5 Å². The first-order chi connectivity index (χ1) is 18.7. The van der Waals surface area contributed by atoms with Crippen LogP contribution in [0.5, 0.6) is 0 Å². The maximum atomic E-state index is 13.5. The fraction of sp³-hybridized carbons (Fsp3) is 0.125. The fourth-order valence-electron chi connectivity index (χ4n) is 3.92. The number of benzene rings is 3. The maximum Gasteiger partial charge on any atom is 0.416 e. The van der Waals surface area contributed by atoms with Gasteiger partial charge in [-0.15, -0.1) is 15.3 Å². The van der Waals surface area contributed by atoms with Gasteiger partial charge in [0.1, 0.15) is 0 Å². The van der Waals surface area contributed by atoms with Crippen LogP contribution < -0.4 is 0 Å². The lowest BCUT2D eigenvalue weighted by Gasteiger charge is -2.16. The van der Waals surface area contributed by atoms with Crippen LogP contribution in [0, 0.1) is 0 Å². The summed E-state index contributed by atoms with van der Waals surface area (Å²) in [5.41, 5.74) is -3.59. The molecule has 0 saturated heterocycles. The lowest BCUT2D eigenvalue weighted by molar-refractivity contribution is -0.143. The molecule has 7 nitrogen and oxygen atoms in total. The largest absolute Gasteiger partial charge is 0.416 e. The number of aromatic nitrogens is 7. The molecule has 2 aromatic heterocycles. The van der Waals surface area contributed by atoms with Crippen molar-refractivity contribution < 1.29 is 39.5 Å². The second kappa shape index (κ2) is 9.46. The molecule has 16 heteroatoms. The van der Waals surface area contributed by atoms with E-state index >= 15 is 0 Å². The number of halogens is 9. The quantitative estimate of drug-likeness (QED) is 0.240. The highest BCUT2D eigenvalue weighted by atomic mass is 19.4. The Morgan fingerprint density at radius 2 is 1.23 bits per heavy atom. The van der Waals surface area contributed by atoms with Crippen LogP contribution in [0.25, 0.3) is 39.5 Å². The molecule has 0 aliphatic heterocycles. The first kappa shape index (κ1) is 26.8. The molecular formula is C24H12F9N7. The molecule has 5 rings (SSSR count). The van der Waals surface area contributed by atoms with E-state index in [4.69, 9.17) is 0 Å². The van der Waals surface area contributed by atoms with Gasteiger partial charge in [0.05, 0.1) is 34.3 Å². The van der Waals surface area contributed by atoms with Crippen LogP contribution >= 0.6 is 0 Å². The van der Waals surface area contributed by atoms with Crippen LogP contribution in [0.1, 0.15) is 16.7 Å². The van der Waals surface area contributed by atoms with E-state index in [2.05, 4.69) is 30.9 Å². The zero-order valence-electron chi connectivity index (χ0n) is 19.4. The van der Waals surface area contributed by atoms with E-state index in [1.807, 2.05) is 0 Å². The monoisotopic (exact) mass is 569 g/mol. The van der Waals surface area contributed by atoms with Crippen LogP contribution in [0.3, 0.4) is 0 Å². The fourth-order valence-corrected chi connectivity index (χ4v) is 3.92. The summed E-state index contributed by atoms with van der Waals surface area (Å²) in [6.07, 6.45) is -13.7. The molecule has 0 spiro atoms. The number of H-pyrrole nitrogens is 1. The lowest BCUT2D eigenvalue weighted by Crippen LogP contribution is -2.11. The third kappa shape index (κ3) is 5.23. The SMILES string of the molecule is FC(F)(F)c1ccc(-c2ccc(-n3nncc3-c3cc(C(F)(F)F)cc(C(F)(F)F)c3)c(-c3nn[nH]n3)c2)cc1. The molecule has 0 aliphatic carbocycles. The normalized spacial score (nSPS) is 12.6. The van der Waals surface area contributed by atoms with E-state index in [0.29, 0.717) is 23.3 Å². The minimum absolute atomic E-state index is 0.00122. The minimum Gasteiger partial charge on any atom is -0.212 e. The third-order valence-electron chi connectivity index (χ3n) is 5.79. The van der Waals surface area contributed by atoms with Crippen molar-refractivity contribution in [1.29, 1.82) is 0 Å². The predicted octanol–water partition coefficient (Wildman–Crippen LogP) is 6.84. The van der Waals surface area contributed by atoms with Gasteiger partial charge < -0.3 is 0 Å². The Bertz CT molecular complexity index is 1620. The van der Waals surface area contributed by atoms with Crippen molar-refractivity contribution in [2.75, 3.05) is 0 Å². The number of aromatic amines is 1. The van der Waals surface area contributed by atoms with Crippen molar-refractivity contribution in [2.24, 2.45) is 0 Å². The molecule has 0 amide bonds. The molecule has 3 aromatic carbocycles. The maximum absolute atomic E-state index is 13.5. The summed E-state index contributed by atoms with van der Waals surface area (Å²) in [6, 6.07) is 9.65. The average Bonchev–Trinajstić information content (AvgIpc) is 3.59. The summed E-state index contributed by atoms with van der Waals surface area (Å²) in [4.78, 5) is 0. The van der Waals surface area contributed by atoms with Gasteiger partial charge in [0.15, 0.2) is 0 Å². The zero-order chi connectivity index (χ0) is 28.9. The van der Waals surface area contributed by atoms with Gasteiger partial charge in [0.2, 0.25) is 5.82 Å². The van der Waals surface area contributed by atoms with E-state index in [9.17, 15) is 39.5 Å². The Labute approximate surface area is 217 Å². The summed E-state index contributed by atoms with van der Waals surface area (Å²) < 4.78 is 121. The molecule has 0 saturated carbocycles. The van der Waals surface area contributed by atoms with Gasteiger partial charge in [-0.2, -0.15) is 44.7 Å². The van der Waals surface area contributed by atoms with Crippen molar-refractivity contribution in [3.05, 3.63) is 83.6 Å². The highest BCUT2D eigenvalue weighted by molar-refractivity contribution is 5.77. The summed E-state index contributed by atoms with van der Waals surface area (Å²) in [7, 11) is 0. The van der Waals surface area contributed by atoms with E-state index < -0.39 is 40.8 Å². The Morgan fingerprint density at radius 3 is 1.77 bits per heavy atom. The van der Waals surface area contributed by atoms with Crippen molar-refractivity contribution >= 4 is 0 Å². The molecular weight excluding hydrogens is 557 g/mol. The number of hydrogen-bond donors (Lipinski definition) is 1. The van der Waals surface area contributed by atoms with Gasteiger partial charge >= 0.3 is 18.5 Å². The second-order valence-corrected chi connectivity index (χ2v) is 8.37. The molecule has 0 atom stereocenters. The van der Waals surface area contributed by atoms with Gasteiger partial charge in [0.25, 0.3) is 0 Å². The van der Waals surface area contributed by atoms with Crippen molar-refractivity contribution in [1.82, 2.24) is 35.6 Å². The molecule has 0 radical (unpaired) electrons. The van der Waals surface area contributed by atoms with E-state index in [1.54, 1.807) is 0 Å². The molecule has 0 fully saturated rings. The highest BCUT2D eigenvalue weighted by Gasteiger charge is 2.37. The molecule has 1 N–H and O–H groups in total. The summed E-state index contributed by atoms with van der Waals surface area (Å²) in [6.45, 7) is 0. The summed E-state index contributed by atoms with van der Waals surface area (Å²) in [5.74, 6) is -0.0368.